The first kappa shape index (κ1) is 23.4. The normalized spacial score (nSPS) is 15.6. The summed E-state index contributed by atoms with van der Waals surface area (Å²) in [5.74, 6) is 0.650. The predicted molar refractivity (Wildman–Crippen MR) is 117 cm³/mol. The fourth-order valence-corrected chi connectivity index (χ4v) is 3.37. The summed E-state index contributed by atoms with van der Waals surface area (Å²) in [6, 6.07) is 9.51. The van der Waals surface area contributed by atoms with E-state index in [9.17, 15) is 9.59 Å². The molecule has 1 N–H and O–H groups in total. The molecular weight excluding hydrogens is 350 g/mol. The number of carbonyl (C=O) groups excluding carboxylic acids is 2. The van der Waals surface area contributed by atoms with E-state index in [1.54, 1.807) is 14.0 Å². The minimum Gasteiger partial charge on any atom is -0.496 e. The lowest BCUT2D eigenvalue weighted by molar-refractivity contribution is -0.125. The van der Waals surface area contributed by atoms with Gasteiger partial charge in [-0.05, 0) is 43.2 Å². The molecule has 1 amide bonds. The molecule has 1 atom stereocenters. The topological polar surface area (TPSA) is 55.4 Å². The molecule has 2 aromatic carbocycles. The zero-order chi connectivity index (χ0) is 21.3. The maximum Gasteiger partial charge on any atom is 0.227 e. The number of ether oxygens (including phenoxy) is 1. The largest absolute Gasteiger partial charge is 0.496 e. The Balaban J connectivity index is 0.000000921. The standard InChI is InChI=1S/C20H21NO3.2C2H6/c1-12-7-8-15(20(23)21-12)11-14-9-10-18(24-3)17-6-4-5-16(13(2)22)19(14)17;2*1-2/h4-6,9-10,15H,1,7-8,11H2,2-3H3,(H,21,23);2*1-2H3. The van der Waals surface area contributed by atoms with E-state index in [4.69, 9.17) is 4.74 Å². The Hall–Kier alpha value is -2.62. The number of hydrogen-bond donors (Lipinski definition) is 1. The van der Waals surface area contributed by atoms with Gasteiger partial charge >= 0.3 is 0 Å². The third-order valence-corrected chi connectivity index (χ3v) is 4.62. The number of hydrogen-bond acceptors (Lipinski definition) is 3. The number of Topliss-reactive ketones (excluding diaryl/α,β-unsaturated/α-hetero) is 1. The molecule has 0 aliphatic carbocycles. The smallest absolute Gasteiger partial charge is 0.227 e. The van der Waals surface area contributed by atoms with Crippen LogP contribution in [0.5, 0.6) is 5.75 Å². The fraction of sp³-hybridized carbons (Fsp3) is 0.417. The number of rotatable bonds is 4. The van der Waals surface area contributed by atoms with Gasteiger partial charge in [-0.1, -0.05) is 58.5 Å². The lowest BCUT2D eigenvalue weighted by Gasteiger charge is -2.24. The number of piperidine rings is 1. The number of fused-ring (bicyclic) bond motifs is 1. The van der Waals surface area contributed by atoms with Crippen molar-refractivity contribution in [3.8, 4) is 5.75 Å². The number of benzene rings is 2. The van der Waals surface area contributed by atoms with Gasteiger partial charge < -0.3 is 10.1 Å². The zero-order valence-electron chi connectivity index (χ0n) is 18.0. The summed E-state index contributed by atoms with van der Waals surface area (Å²) in [6.45, 7) is 13.4. The van der Waals surface area contributed by atoms with Crippen molar-refractivity contribution in [2.45, 2.75) is 53.9 Å². The van der Waals surface area contributed by atoms with Crippen LogP contribution in [0.2, 0.25) is 0 Å². The van der Waals surface area contributed by atoms with E-state index in [2.05, 4.69) is 11.9 Å². The molecule has 2 aromatic rings. The monoisotopic (exact) mass is 383 g/mol. The van der Waals surface area contributed by atoms with Gasteiger partial charge in [0.2, 0.25) is 5.91 Å². The fourth-order valence-electron chi connectivity index (χ4n) is 3.37. The molecular formula is C24H33NO3. The first-order valence-corrected chi connectivity index (χ1v) is 10.1. The predicted octanol–water partition coefficient (Wildman–Crippen LogP) is 5.69. The second kappa shape index (κ2) is 11.3. The van der Waals surface area contributed by atoms with Crippen molar-refractivity contribution >= 4 is 22.5 Å². The van der Waals surface area contributed by atoms with Crippen LogP contribution in [0.25, 0.3) is 10.8 Å². The average molecular weight is 384 g/mol. The third-order valence-electron chi connectivity index (χ3n) is 4.62. The third kappa shape index (κ3) is 5.22. The molecule has 152 valence electrons. The second-order valence-electron chi connectivity index (χ2n) is 6.24. The highest BCUT2D eigenvalue weighted by Gasteiger charge is 2.25. The Morgan fingerprint density at radius 2 is 1.86 bits per heavy atom. The van der Waals surface area contributed by atoms with Gasteiger partial charge in [0, 0.05) is 22.6 Å². The first-order valence-electron chi connectivity index (χ1n) is 10.1. The number of methoxy groups -OCH3 is 1. The van der Waals surface area contributed by atoms with Gasteiger partial charge in [0.05, 0.1) is 7.11 Å². The molecule has 4 nitrogen and oxygen atoms in total. The number of nitrogens with one attached hydrogen (secondary N) is 1. The summed E-state index contributed by atoms with van der Waals surface area (Å²) in [7, 11) is 1.62. The summed E-state index contributed by atoms with van der Waals surface area (Å²) in [5.41, 5.74) is 2.45. The minimum atomic E-state index is -0.105. The van der Waals surface area contributed by atoms with E-state index < -0.39 is 0 Å². The van der Waals surface area contributed by atoms with Crippen LogP contribution in [0.1, 0.15) is 63.4 Å². The highest BCUT2D eigenvalue weighted by Crippen LogP contribution is 2.33. The zero-order valence-corrected chi connectivity index (χ0v) is 18.0. The molecule has 0 spiro atoms. The van der Waals surface area contributed by atoms with Crippen LogP contribution >= 0.6 is 0 Å². The minimum absolute atomic E-state index is 0.00974. The van der Waals surface area contributed by atoms with Gasteiger partial charge in [-0.15, -0.1) is 0 Å². The maximum absolute atomic E-state index is 12.2. The van der Waals surface area contributed by atoms with Crippen molar-refractivity contribution in [2.24, 2.45) is 5.92 Å². The van der Waals surface area contributed by atoms with Gasteiger partial charge in [-0.3, -0.25) is 9.59 Å². The van der Waals surface area contributed by atoms with E-state index >= 15 is 0 Å². The lowest BCUT2D eigenvalue weighted by Crippen LogP contribution is -2.35. The van der Waals surface area contributed by atoms with Crippen molar-refractivity contribution in [1.29, 1.82) is 0 Å². The first-order chi connectivity index (χ1) is 13.5. The van der Waals surface area contributed by atoms with Gasteiger partial charge in [0.1, 0.15) is 5.75 Å². The average Bonchev–Trinajstić information content (AvgIpc) is 2.72. The Labute approximate surface area is 169 Å². The number of ketones is 1. The number of amides is 1. The Morgan fingerprint density at radius 3 is 2.43 bits per heavy atom. The van der Waals surface area contributed by atoms with Gasteiger partial charge in [-0.25, -0.2) is 0 Å². The van der Waals surface area contributed by atoms with Crippen molar-refractivity contribution in [3.05, 3.63) is 53.7 Å². The van der Waals surface area contributed by atoms with E-state index in [0.29, 0.717) is 12.0 Å². The van der Waals surface area contributed by atoms with Crippen LogP contribution in [0.15, 0.2) is 42.6 Å². The molecule has 3 rings (SSSR count). The Kier molecular flexibility index (Phi) is 9.43. The molecule has 1 heterocycles. The number of carbonyl (C=O) groups is 2. The molecule has 0 bridgehead atoms. The molecule has 0 saturated carbocycles. The van der Waals surface area contributed by atoms with E-state index in [-0.39, 0.29) is 17.6 Å². The highest BCUT2D eigenvalue weighted by molar-refractivity contribution is 6.09. The van der Waals surface area contributed by atoms with Crippen molar-refractivity contribution in [2.75, 3.05) is 7.11 Å². The van der Waals surface area contributed by atoms with E-state index in [0.717, 1.165) is 40.6 Å². The van der Waals surface area contributed by atoms with Crippen LogP contribution < -0.4 is 10.1 Å². The molecule has 28 heavy (non-hydrogen) atoms. The van der Waals surface area contributed by atoms with Gasteiger partial charge in [-0.2, -0.15) is 0 Å². The molecule has 4 heteroatoms. The number of allylic oxidation sites excluding steroid dienone is 1. The molecule has 0 radical (unpaired) electrons. The van der Waals surface area contributed by atoms with Crippen molar-refractivity contribution < 1.29 is 14.3 Å². The quantitative estimate of drug-likeness (QED) is 0.691. The van der Waals surface area contributed by atoms with Crippen LogP contribution in [0.3, 0.4) is 0 Å². The lowest BCUT2D eigenvalue weighted by atomic mass is 9.87. The molecule has 1 fully saturated rings. The van der Waals surface area contributed by atoms with Crippen LogP contribution in [0, 0.1) is 5.92 Å². The SMILES string of the molecule is C=C1CCC(Cc2ccc(OC)c3cccc(C(C)=O)c23)C(=O)N1.CC.CC. The summed E-state index contributed by atoms with van der Waals surface area (Å²) in [4.78, 5) is 24.3. The molecule has 1 saturated heterocycles. The Bertz CT molecular complexity index is 839. The maximum atomic E-state index is 12.2. The van der Waals surface area contributed by atoms with Crippen molar-refractivity contribution in [1.82, 2.24) is 5.32 Å². The van der Waals surface area contributed by atoms with E-state index in [1.807, 2.05) is 58.0 Å². The summed E-state index contributed by atoms with van der Waals surface area (Å²) in [6.07, 6.45) is 2.17. The molecule has 0 aromatic heterocycles. The van der Waals surface area contributed by atoms with Crippen LogP contribution in [-0.2, 0) is 11.2 Å². The van der Waals surface area contributed by atoms with E-state index in [1.165, 1.54) is 0 Å². The summed E-state index contributed by atoms with van der Waals surface area (Å²) in [5, 5.41) is 4.63. The Morgan fingerprint density at radius 1 is 1.18 bits per heavy atom. The van der Waals surface area contributed by atoms with Gasteiger partial charge in [0.15, 0.2) is 5.78 Å². The molecule has 1 unspecified atom stereocenters. The van der Waals surface area contributed by atoms with Crippen LogP contribution in [-0.4, -0.2) is 18.8 Å². The van der Waals surface area contributed by atoms with Crippen molar-refractivity contribution in [3.63, 3.8) is 0 Å². The molecule has 1 aliphatic heterocycles. The molecule has 1 aliphatic rings. The summed E-state index contributed by atoms with van der Waals surface area (Å²) < 4.78 is 5.44. The highest BCUT2D eigenvalue weighted by atomic mass is 16.5. The second-order valence-corrected chi connectivity index (χ2v) is 6.24. The van der Waals surface area contributed by atoms with Gasteiger partial charge in [0.25, 0.3) is 0 Å². The summed E-state index contributed by atoms with van der Waals surface area (Å²) >= 11 is 0. The van der Waals surface area contributed by atoms with Crippen LogP contribution in [0.4, 0.5) is 0 Å².